The first-order chi connectivity index (χ1) is 7.60. The molecule has 0 aliphatic heterocycles. The Morgan fingerprint density at radius 2 is 2.06 bits per heavy atom. The van der Waals surface area contributed by atoms with Gasteiger partial charge in [0.15, 0.2) is 5.75 Å². The molecule has 0 heterocycles. The van der Waals surface area contributed by atoms with Crippen molar-refractivity contribution in [1.29, 1.82) is 10.5 Å². The largest absolute Gasteiger partial charge is 0.505 e. The zero-order chi connectivity index (χ0) is 12.1. The highest BCUT2D eigenvalue weighted by molar-refractivity contribution is 14.1. The summed E-state index contributed by atoms with van der Waals surface area (Å²) in [6.45, 7) is 0. The molecule has 4 nitrogen and oxygen atoms in total. The Morgan fingerprint density at radius 3 is 2.62 bits per heavy atom. The monoisotopic (exact) mass is 389 g/mol. The summed E-state index contributed by atoms with van der Waals surface area (Å²) in [4.78, 5) is 0. The molecule has 1 aromatic rings. The molecule has 0 bridgehead atoms. The van der Waals surface area contributed by atoms with Crippen molar-refractivity contribution < 1.29 is 5.11 Å². The smallest absolute Gasteiger partial charge is 0.153 e. The van der Waals surface area contributed by atoms with Gasteiger partial charge in [0.1, 0.15) is 17.7 Å². The van der Waals surface area contributed by atoms with E-state index in [1.54, 1.807) is 24.3 Å². The second kappa shape index (κ2) is 5.73. The molecule has 0 aliphatic carbocycles. The van der Waals surface area contributed by atoms with Crippen molar-refractivity contribution >= 4 is 44.2 Å². The van der Waals surface area contributed by atoms with Gasteiger partial charge in [-0.2, -0.15) is 10.5 Å². The van der Waals surface area contributed by atoms with Crippen molar-refractivity contribution in [2.75, 3.05) is 5.32 Å². The molecule has 0 amide bonds. The second-order valence-electron chi connectivity index (χ2n) is 2.68. The highest BCUT2D eigenvalue weighted by Crippen LogP contribution is 2.35. The molecule has 1 rings (SSSR count). The minimum atomic E-state index is -0.0647. The number of phenolic OH excluding ortho intramolecular Hbond substituents is 1. The molecule has 2 N–H and O–H groups in total. The molecule has 0 unspecified atom stereocenters. The average molecular weight is 390 g/mol. The molecule has 0 spiro atoms. The van der Waals surface area contributed by atoms with Crippen LogP contribution in [0.5, 0.6) is 5.75 Å². The molecule has 1 aromatic carbocycles. The van der Waals surface area contributed by atoms with Gasteiger partial charge in [-0.15, -0.1) is 0 Å². The van der Waals surface area contributed by atoms with Gasteiger partial charge in [0.05, 0.1) is 9.26 Å². The van der Waals surface area contributed by atoms with Crippen LogP contribution in [0.4, 0.5) is 5.69 Å². The fraction of sp³-hybridized carbons (Fsp3) is 0. The number of anilines is 1. The van der Waals surface area contributed by atoms with E-state index >= 15 is 0 Å². The highest BCUT2D eigenvalue weighted by atomic mass is 127. The van der Waals surface area contributed by atoms with E-state index in [1.165, 1.54) is 6.20 Å². The molecule has 0 radical (unpaired) electrons. The van der Waals surface area contributed by atoms with Crippen LogP contribution >= 0.6 is 38.5 Å². The third-order valence-electron chi connectivity index (χ3n) is 1.68. The van der Waals surface area contributed by atoms with E-state index in [1.807, 2.05) is 22.6 Å². The average Bonchev–Trinajstić information content (AvgIpc) is 2.29. The minimum Gasteiger partial charge on any atom is -0.505 e. The Balaban J connectivity index is 3.09. The van der Waals surface area contributed by atoms with E-state index in [-0.39, 0.29) is 11.3 Å². The number of nitrogens with one attached hydrogen (secondary N) is 1. The molecule has 80 valence electrons. The quantitative estimate of drug-likeness (QED) is 0.462. The normalized spacial score (nSPS) is 8.75. The molecule has 0 aliphatic rings. The minimum absolute atomic E-state index is 0.0647. The Morgan fingerprint density at radius 1 is 1.44 bits per heavy atom. The number of hydrogen-bond donors (Lipinski definition) is 2. The number of phenols is 1. The van der Waals surface area contributed by atoms with Crippen LogP contribution in [0, 0.1) is 26.2 Å². The number of nitrogens with zero attached hydrogens (tertiary/aromatic N) is 2. The summed E-state index contributed by atoms with van der Waals surface area (Å²) < 4.78 is 1.32. The van der Waals surface area contributed by atoms with Crippen molar-refractivity contribution in [2.24, 2.45) is 0 Å². The van der Waals surface area contributed by atoms with Gasteiger partial charge in [-0.3, -0.25) is 0 Å². The lowest BCUT2D eigenvalue weighted by Gasteiger charge is -2.08. The predicted octanol–water partition coefficient (Wildman–Crippen LogP) is 3.10. The summed E-state index contributed by atoms with van der Waals surface area (Å²) >= 11 is 5.24. The number of allylic oxidation sites excluding steroid dienone is 1. The van der Waals surface area contributed by atoms with Crippen LogP contribution < -0.4 is 5.32 Å². The van der Waals surface area contributed by atoms with Crippen molar-refractivity contribution in [3.63, 3.8) is 0 Å². The number of benzene rings is 1. The van der Waals surface area contributed by atoms with E-state index in [0.717, 1.165) is 0 Å². The molecule has 0 aromatic heterocycles. The van der Waals surface area contributed by atoms with Gasteiger partial charge in [0, 0.05) is 10.7 Å². The fourth-order valence-electron chi connectivity index (χ4n) is 0.912. The van der Waals surface area contributed by atoms with Crippen LogP contribution in [0.15, 0.2) is 28.4 Å². The summed E-state index contributed by atoms with van der Waals surface area (Å²) in [7, 11) is 0. The topological polar surface area (TPSA) is 79.8 Å². The number of halogens is 2. The van der Waals surface area contributed by atoms with Crippen LogP contribution in [-0.4, -0.2) is 5.11 Å². The van der Waals surface area contributed by atoms with Gasteiger partial charge in [-0.25, -0.2) is 0 Å². The van der Waals surface area contributed by atoms with Gasteiger partial charge in [-0.1, -0.05) is 0 Å². The molecule has 0 atom stereocenters. The number of rotatable bonds is 2. The zero-order valence-electron chi connectivity index (χ0n) is 7.83. The number of nitriles is 2. The van der Waals surface area contributed by atoms with E-state index in [2.05, 4.69) is 21.2 Å². The number of hydrogen-bond acceptors (Lipinski definition) is 4. The molecule has 0 saturated carbocycles. The van der Waals surface area contributed by atoms with Gasteiger partial charge in [0.25, 0.3) is 0 Å². The van der Waals surface area contributed by atoms with Crippen LogP contribution in [0.25, 0.3) is 0 Å². The van der Waals surface area contributed by atoms with Gasteiger partial charge >= 0.3 is 0 Å². The summed E-state index contributed by atoms with van der Waals surface area (Å²) in [6.07, 6.45) is 1.25. The van der Waals surface area contributed by atoms with Crippen molar-refractivity contribution in [3.8, 4) is 17.9 Å². The van der Waals surface area contributed by atoms with Crippen LogP contribution in [0.1, 0.15) is 0 Å². The summed E-state index contributed by atoms with van der Waals surface area (Å²) in [6, 6.07) is 6.93. The van der Waals surface area contributed by atoms with Gasteiger partial charge in [0.2, 0.25) is 0 Å². The van der Waals surface area contributed by atoms with E-state index < -0.39 is 0 Å². The van der Waals surface area contributed by atoms with Crippen LogP contribution in [-0.2, 0) is 0 Å². The molecule has 16 heavy (non-hydrogen) atoms. The first kappa shape index (κ1) is 12.8. The molecular weight excluding hydrogens is 385 g/mol. The van der Waals surface area contributed by atoms with Crippen LogP contribution in [0.3, 0.4) is 0 Å². The van der Waals surface area contributed by atoms with Crippen LogP contribution in [0.2, 0.25) is 0 Å². The summed E-state index contributed by atoms with van der Waals surface area (Å²) in [5, 5.41) is 29.5. The second-order valence-corrected chi connectivity index (χ2v) is 4.70. The SMILES string of the molecule is N#CC(C#N)=CNc1c(Br)ccc(I)c1O. The third kappa shape index (κ3) is 2.87. The Labute approximate surface area is 114 Å². The van der Waals surface area contributed by atoms with Gasteiger partial charge < -0.3 is 10.4 Å². The Bertz CT molecular complexity index is 512. The van der Waals surface area contributed by atoms with E-state index in [9.17, 15) is 5.11 Å². The van der Waals surface area contributed by atoms with E-state index in [0.29, 0.717) is 13.7 Å². The summed E-state index contributed by atoms with van der Waals surface area (Å²) in [5.41, 5.74) is 0.361. The van der Waals surface area contributed by atoms with Crippen molar-refractivity contribution in [3.05, 3.63) is 31.9 Å². The lowest BCUT2D eigenvalue weighted by Crippen LogP contribution is -1.93. The van der Waals surface area contributed by atoms with Crippen molar-refractivity contribution in [2.45, 2.75) is 0 Å². The van der Waals surface area contributed by atoms with Gasteiger partial charge in [-0.05, 0) is 50.7 Å². The third-order valence-corrected chi connectivity index (χ3v) is 3.21. The molecule has 0 fully saturated rings. The lowest BCUT2D eigenvalue weighted by molar-refractivity contribution is 0.473. The zero-order valence-corrected chi connectivity index (χ0v) is 11.6. The Hall–Kier alpha value is -1.25. The number of aromatic hydroxyl groups is 1. The fourth-order valence-corrected chi connectivity index (χ4v) is 1.80. The maximum atomic E-state index is 9.74. The molecule has 0 saturated heterocycles. The summed E-state index contributed by atoms with van der Waals surface area (Å²) in [5.74, 6) is 0.0708. The standard InChI is InChI=1S/C10H5BrIN3O/c11-7-1-2-8(12)10(16)9(7)15-5-6(3-13)4-14/h1-2,5,15-16H. The first-order valence-electron chi connectivity index (χ1n) is 4.04. The Kier molecular flexibility index (Phi) is 4.59. The van der Waals surface area contributed by atoms with E-state index in [4.69, 9.17) is 10.5 Å². The predicted molar refractivity (Wildman–Crippen MR) is 71.5 cm³/mol. The maximum absolute atomic E-state index is 9.74. The highest BCUT2D eigenvalue weighted by Gasteiger charge is 2.08. The van der Waals surface area contributed by atoms with Crippen molar-refractivity contribution in [1.82, 2.24) is 0 Å². The molecule has 6 heteroatoms. The first-order valence-corrected chi connectivity index (χ1v) is 5.91. The lowest BCUT2D eigenvalue weighted by atomic mass is 10.3. The maximum Gasteiger partial charge on any atom is 0.153 e. The molecular formula is C10H5BrIN3O.